The van der Waals surface area contributed by atoms with E-state index in [0.29, 0.717) is 0 Å². The number of carbonyl (C=O) groups is 1. The van der Waals surface area contributed by atoms with Gasteiger partial charge in [0, 0.05) is 22.3 Å². The van der Waals surface area contributed by atoms with E-state index in [1.807, 2.05) is 24.4 Å². The van der Waals surface area contributed by atoms with Gasteiger partial charge in [0.25, 0.3) is 0 Å². The highest BCUT2D eigenvalue weighted by atomic mass is 79.9. The van der Waals surface area contributed by atoms with Crippen LogP contribution in [-0.2, 0) is 11.2 Å². The zero-order chi connectivity index (χ0) is 16.5. The minimum Gasteiger partial charge on any atom is -0.303 e. The van der Waals surface area contributed by atoms with Gasteiger partial charge >= 0.3 is 0 Å². The third kappa shape index (κ3) is 2.94. The standard InChI is InChI=1S/C19H15BrN2OS/c20-14-5-1-3-12(9-14)18-10-21-19(24-18)17-8-7-15-13(11-23)4-2-6-16(15)22-17/h1,3,5,7-11,13H,2,4,6H2. The second-order valence-electron chi connectivity index (χ2n) is 5.91. The number of carbonyl (C=O) groups excluding carboxylic acids is 1. The van der Waals surface area contributed by atoms with Crippen molar-refractivity contribution < 1.29 is 4.79 Å². The molecule has 0 amide bonds. The van der Waals surface area contributed by atoms with E-state index in [-0.39, 0.29) is 5.92 Å². The van der Waals surface area contributed by atoms with Gasteiger partial charge in [-0.2, -0.15) is 0 Å². The highest BCUT2D eigenvalue weighted by molar-refractivity contribution is 9.10. The summed E-state index contributed by atoms with van der Waals surface area (Å²) >= 11 is 5.15. The number of pyridine rings is 1. The van der Waals surface area contributed by atoms with Crippen molar-refractivity contribution in [2.24, 2.45) is 0 Å². The molecule has 0 bridgehead atoms. The Bertz CT molecular complexity index is 906. The van der Waals surface area contributed by atoms with E-state index in [1.165, 1.54) is 0 Å². The maximum Gasteiger partial charge on any atom is 0.142 e. The summed E-state index contributed by atoms with van der Waals surface area (Å²) in [5.74, 6) is 0.00354. The zero-order valence-electron chi connectivity index (χ0n) is 12.9. The van der Waals surface area contributed by atoms with Crippen molar-refractivity contribution in [1.29, 1.82) is 0 Å². The fraction of sp³-hybridized carbons (Fsp3) is 0.211. The van der Waals surface area contributed by atoms with Gasteiger partial charge in [0.2, 0.25) is 0 Å². The molecule has 0 saturated heterocycles. The minimum absolute atomic E-state index is 0.00354. The summed E-state index contributed by atoms with van der Waals surface area (Å²) in [5.41, 5.74) is 4.18. The molecule has 1 aromatic carbocycles. The molecule has 0 aliphatic heterocycles. The van der Waals surface area contributed by atoms with Crippen molar-refractivity contribution in [1.82, 2.24) is 9.97 Å². The smallest absolute Gasteiger partial charge is 0.142 e. The molecule has 3 aromatic rings. The lowest BCUT2D eigenvalue weighted by molar-refractivity contribution is -0.109. The van der Waals surface area contributed by atoms with Gasteiger partial charge in [0.1, 0.15) is 11.3 Å². The Morgan fingerprint density at radius 3 is 3.00 bits per heavy atom. The highest BCUT2D eigenvalue weighted by Gasteiger charge is 2.21. The molecule has 1 aliphatic rings. The van der Waals surface area contributed by atoms with Crippen LogP contribution in [0, 0.1) is 0 Å². The van der Waals surface area contributed by atoms with Gasteiger partial charge in [-0.25, -0.2) is 9.97 Å². The normalized spacial score (nSPS) is 16.6. The van der Waals surface area contributed by atoms with E-state index in [9.17, 15) is 4.79 Å². The summed E-state index contributed by atoms with van der Waals surface area (Å²) in [6.45, 7) is 0. The molecule has 2 heterocycles. The number of thiazole rings is 1. The van der Waals surface area contributed by atoms with Crippen LogP contribution < -0.4 is 0 Å². The van der Waals surface area contributed by atoms with Gasteiger partial charge in [0.15, 0.2) is 0 Å². The lowest BCUT2D eigenvalue weighted by Gasteiger charge is -2.20. The van der Waals surface area contributed by atoms with Crippen LogP contribution in [0.3, 0.4) is 0 Å². The van der Waals surface area contributed by atoms with Gasteiger partial charge in [-0.05, 0) is 48.6 Å². The number of halogens is 1. The van der Waals surface area contributed by atoms with Crippen molar-refractivity contribution in [3.8, 4) is 21.1 Å². The summed E-state index contributed by atoms with van der Waals surface area (Å²) < 4.78 is 1.06. The predicted octanol–water partition coefficient (Wildman–Crippen LogP) is 5.25. The monoisotopic (exact) mass is 398 g/mol. The van der Waals surface area contributed by atoms with Crippen molar-refractivity contribution >= 4 is 33.6 Å². The molecular formula is C19H15BrN2OS. The molecule has 0 saturated carbocycles. The average Bonchev–Trinajstić information content (AvgIpc) is 3.11. The number of hydrogen-bond acceptors (Lipinski definition) is 4. The van der Waals surface area contributed by atoms with Gasteiger partial charge in [-0.15, -0.1) is 11.3 Å². The third-order valence-corrected chi connectivity index (χ3v) is 5.90. The highest BCUT2D eigenvalue weighted by Crippen LogP contribution is 2.35. The Kier molecular flexibility index (Phi) is 4.29. The lowest BCUT2D eigenvalue weighted by atomic mass is 9.86. The number of benzene rings is 1. The Labute approximate surface area is 152 Å². The molecule has 5 heteroatoms. The molecule has 1 atom stereocenters. The summed E-state index contributed by atoms with van der Waals surface area (Å²) in [6.07, 6.45) is 5.85. The molecule has 4 rings (SSSR count). The lowest BCUT2D eigenvalue weighted by Crippen LogP contribution is -2.12. The van der Waals surface area contributed by atoms with E-state index < -0.39 is 0 Å². The average molecular weight is 399 g/mol. The van der Waals surface area contributed by atoms with Gasteiger partial charge in [0.05, 0.1) is 10.6 Å². The van der Waals surface area contributed by atoms with Crippen LogP contribution in [0.2, 0.25) is 0 Å². The molecule has 1 aliphatic carbocycles. The Hall–Kier alpha value is -1.85. The predicted molar refractivity (Wildman–Crippen MR) is 100 cm³/mol. The second kappa shape index (κ2) is 6.57. The van der Waals surface area contributed by atoms with E-state index >= 15 is 0 Å². The van der Waals surface area contributed by atoms with E-state index in [0.717, 1.165) is 62.4 Å². The molecule has 120 valence electrons. The van der Waals surface area contributed by atoms with Crippen LogP contribution >= 0.6 is 27.3 Å². The first-order valence-electron chi connectivity index (χ1n) is 7.92. The maximum absolute atomic E-state index is 11.2. The summed E-state index contributed by atoms with van der Waals surface area (Å²) in [6, 6.07) is 12.2. The van der Waals surface area contributed by atoms with Crippen LogP contribution in [0.25, 0.3) is 21.1 Å². The number of fused-ring (bicyclic) bond motifs is 1. The number of hydrogen-bond donors (Lipinski definition) is 0. The number of rotatable bonds is 3. The van der Waals surface area contributed by atoms with Crippen LogP contribution in [0.5, 0.6) is 0 Å². The molecule has 0 fully saturated rings. The largest absolute Gasteiger partial charge is 0.303 e. The molecule has 24 heavy (non-hydrogen) atoms. The Balaban J connectivity index is 1.69. The molecule has 0 spiro atoms. The summed E-state index contributed by atoms with van der Waals surface area (Å²) in [5, 5.41) is 0.918. The van der Waals surface area contributed by atoms with E-state index in [1.54, 1.807) is 11.3 Å². The van der Waals surface area contributed by atoms with Gasteiger partial charge in [-0.1, -0.05) is 34.1 Å². The van der Waals surface area contributed by atoms with Crippen molar-refractivity contribution in [2.45, 2.75) is 25.2 Å². The Morgan fingerprint density at radius 1 is 1.25 bits per heavy atom. The Morgan fingerprint density at radius 2 is 2.17 bits per heavy atom. The maximum atomic E-state index is 11.2. The fourth-order valence-corrected chi connectivity index (χ4v) is 4.40. The van der Waals surface area contributed by atoms with Crippen LogP contribution in [0.15, 0.2) is 47.1 Å². The van der Waals surface area contributed by atoms with Crippen molar-refractivity contribution in [3.63, 3.8) is 0 Å². The van der Waals surface area contributed by atoms with Crippen LogP contribution in [-0.4, -0.2) is 16.3 Å². The zero-order valence-corrected chi connectivity index (χ0v) is 15.3. The minimum atomic E-state index is 0.00354. The second-order valence-corrected chi connectivity index (χ2v) is 7.85. The van der Waals surface area contributed by atoms with Crippen molar-refractivity contribution in [3.05, 3.63) is 58.3 Å². The summed E-state index contributed by atoms with van der Waals surface area (Å²) in [7, 11) is 0. The van der Waals surface area contributed by atoms with E-state index in [2.05, 4.69) is 39.1 Å². The molecular weight excluding hydrogens is 384 g/mol. The van der Waals surface area contributed by atoms with E-state index in [4.69, 9.17) is 4.98 Å². The first-order chi connectivity index (χ1) is 11.7. The molecule has 1 unspecified atom stereocenters. The molecule has 0 N–H and O–H groups in total. The van der Waals surface area contributed by atoms with Gasteiger partial charge < -0.3 is 4.79 Å². The molecule has 0 radical (unpaired) electrons. The van der Waals surface area contributed by atoms with Crippen LogP contribution in [0.1, 0.15) is 30.0 Å². The number of aryl methyl sites for hydroxylation is 1. The SMILES string of the molecule is O=CC1CCCc2nc(-c3ncc(-c4cccc(Br)c4)s3)ccc21. The number of aromatic nitrogens is 2. The number of aldehydes is 1. The topological polar surface area (TPSA) is 42.9 Å². The number of nitrogens with zero attached hydrogens (tertiary/aromatic N) is 2. The van der Waals surface area contributed by atoms with Crippen LogP contribution in [0.4, 0.5) is 0 Å². The third-order valence-electron chi connectivity index (χ3n) is 4.34. The summed E-state index contributed by atoms with van der Waals surface area (Å²) in [4.78, 5) is 21.7. The van der Waals surface area contributed by atoms with Crippen molar-refractivity contribution in [2.75, 3.05) is 0 Å². The first kappa shape index (κ1) is 15.7. The fourth-order valence-electron chi connectivity index (χ4n) is 3.12. The quantitative estimate of drug-likeness (QED) is 0.565. The van der Waals surface area contributed by atoms with Gasteiger partial charge in [-0.3, -0.25) is 0 Å². The first-order valence-corrected chi connectivity index (χ1v) is 9.53. The molecule has 3 nitrogen and oxygen atoms in total. The molecule has 2 aromatic heterocycles.